The summed E-state index contributed by atoms with van der Waals surface area (Å²) < 4.78 is 27.3. The molecule has 0 aromatic heterocycles. The van der Waals surface area contributed by atoms with Crippen LogP contribution in [0.3, 0.4) is 0 Å². The standard InChI is InChI=1S/C23H36O4P/c1-2-24-28(25-21-9-3-18(15-21)4-10-21,26-22-11-5-19(16-22)6-12-22)27-23-13-7-20(17-23)8-14-23/h2,18-20H,1,3-17H2/q+1. The van der Waals surface area contributed by atoms with Crippen LogP contribution in [0.5, 0.6) is 0 Å². The Labute approximate surface area is 170 Å². The third kappa shape index (κ3) is 3.01. The van der Waals surface area contributed by atoms with Crippen LogP contribution in [-0.2, 0) is 18.1 Å². The van der Waals surface area contributed by atoms with Crippen LogP contribution in [0.15, 0.2) is 12.8 Å². The molecule has 0 heterocycles. The molecule has 0 amide bonds. The first-order valence-corrected chi connectivity index (χ1v) is 13.3. The topological polar surface area (TPSA) is 36.9 Å². The molecule has 156 valence electrons. The maximum absolute atomic E-state index is 7.01. The van der Waals surface area contributed by atoms with Crippen molar-refractivity contribution < 1.29 is 18.1 Å². The van der Waals surface area contributed by atoms with Gasteiger partial charge in [0.1, 0.15) is 23.1 Å². The van der Waals surface area contributed by atoms with Gasteiger partial charge in [0.25, 0.3) is 0 Å². The SMILES string of the molecule is C=CO[P+](OC12CCC(CC1)C2)(OC12CCC(CC1)C2)OC12CCC(CC1)C2. The first-order chi connectivity index (χ1) is 13.5. The highest BCUT2D eigenvalue weighted by Crippen LogP contribution is 2.76. The number of fused-ring (bicyclic) bond motifs is 6. The summed E-state index contributed by atoms with van der Waals surface area (Å²) >= 11 is 0. The van der Waals surface area contributed by atoms with Crippen molar-refractivity contribution in [1.82, 2.24) is 0 Å². The van der Waals surface area contributed by atoms with Crippen molar-refractivity contribution in [2.24, 2.45) is 17.8 Å². The van der Waals surface area contributed by atoms with E-state index < -0.39 is 8.17 Å². The molecule has 0 saturated heterocycles. The molecule has 6 aliphatic rings. The molecule has 6 rings (SSSR count). The molecule has 0 unspecified atom stereocenters. The smallest absolute Gasteiger partial charge is 0.269 e. The zero-order valence-corrected chi connectivity index (χ0v) is 18.1. The van der Waals surface area contributed by atoms with Gasteiger partial charge >= 0.3 is 8.17 Å². The van der Waals surface area contributed by atoms with Crippen molar-refractivity contribution >= 4 is 8.17 Å². The van der Waals surface area contributed by atoms with E-state index >= 15 is 0 Å². The fraction of sp³-hybridized carbons (Fsp3) is 0.913. The normalized spacial score (nSPS) is 50.4. The zero-order chi connectivity index (χ0) is 18.9. The van der Waals surface area contributed by atoms with Gasteiger partial charge in [-0.15, -0.1) is 13.6 Å². The van der Waals surface area contributed by atoms with Crippen LogP contribution < -0.4 is 0 Å². The van der Waals surface area contributed by atoms with E-state index in [9.17, 15) is 0 Å². The van der Waals surface area contributed by atoms with Crippen molar-refractivity contribution in [3.8, 4) is 0 Å². The Morgan fingerprint density at radius 2 is 0.929 bits per heavy atom. The van der Waals surface area contributed by atoms with Crippen molar-refractivity contribution in [3.63, 3.8) is 0 Å². The monoisotopic (exact) mass is 407 g/mol. The second-order valence-corrected chi connectivity index (χ2v) is 12.6. The lowest BCUT2D eigenvalue weighted by Gasteiger charge is -2.37. The third-order valence-electron chi connectivity index (χ3n) is 9.15. The van der Waals surface area contributed by atoms with Gasteiger partial charge < -0.3 is 0 Å². The van der Waals surface area contributed by atoms with Crippen molar-refractivity contribution in [1.29, 1.82) is 0 Å². The number of hydrogen-bond donors (Lipinski definition) is 0. The molecule has 0 N–H and O–H groups in total. The Kier molecular flexibility index (Phi) is 4.27. The van der Waals surface area contributed by atoms with Crippen LogP contribution in [0.4, 0.5) is 0 Å². The molecule has 6 bridgehead atoms. The fourth-order valence-electron chi connectivity index (χ4n) is 7.72. The van der Waals surface area contributed by atoms with Gasteiger partial charge in [0, 0.05) is 0 Å². The molecule has 0 atom stereocenters. The van der Waals surface area contributed by atoms with E-state index in [-0.39, 0.29) is 16.8 Å². The lowest BCUT2D eigenvalue weighted by Crippen LogP contribution is -2.38. The van der Waals surface area contributed by atoms with E-state index in [2.05, 4.69) is 6.58 Å². The van der Waals surface area contributed by atoms with Gasteiger partial charge in [-0.25, -0.2) is 0 Å². The zero-order valence-electron chi connectivity index (χ0n) is 17.2. The lowest BCUT2D eigenvalue weighted by molar-refractivity contribution is -0.0820. The molecular weight excluding hydrogens is 371 g/mol. The summed E-state index contributed by atoms with van der Waals surface area (Å²) in [6.45, 7) is 3.91. The van der Waals surface area contributed by atoms with E-state index in [1.807, 2.05) is 0 Å². The van der Waals surface area contributed by atoms with Crippen LogP contribution in [0, 0.1) is 17.8 Å². The summed E-state index contributed by atoms with van der Waals surface area (Å²) in [5.74, 6) is 2.48. The van der Waals surface area contributed by atoms with Gasteiger partial charge in [0.15, 0.2) is 0 Å². The number of rotatable bonds is 8. The van der Waals surface area contributed by atoms with E-state index in [0.29, 0.717) is 0 Å². The van der Waals surface area contributed by atoms with E-state index in [0.717, 1.165) is 75.5 Å². The van der Waals surface area contributed by atoms with Gasteiger partial charge in [-0.1, -0.05) is 6.58 Å². The van der Waals surface area contributed by atoms with Gasteiger partial charge in [0.2, 0.25) is 0 Å². The van der Waals surface area contributed by atoms with Crippen molar-refractivity contribution in [2.75, 3.05) is 0 Å². The largest absolute Gasteiger partial charge is 0.622 e. The first kappa shape index (κ1) is 18.6. The Hall–Kier alpha value is -0.150. The predicted molar refractivity (Wildman–Crippen MR) is 109 cm³/mol. The minimum Gasteiger partial charge on any atom is -0.269 e. The molecule has 4 nitrogen and oxygen atoms in total. The van der Waals surface area contributed by atoms with Crippen molar-refractivity contribution in [2.45, 2.75) is 113 Å². The highest BCUT2D eigenvalue weighted by Gasteiger charge is 2.69. The highest BCUT2D eigenvalue weighted by molar-refractivity contribution is 7.56. The molecule has 6 aliphatic carbocycles. The molecular formula is C23H36O4P+. The van der Waals surface area contributed by atoms with Gasteiger partial charge in [0.05, 0.1) is 0 Å². The van der Waals surface area contributed by atoms with Crippen LogP contribution >= 0.6 is 8.17 Å². The second kappa shape index (κ2) is 6.42. The minimum atomic E-state index is -2.93. The predicted octanol–water partition coefficient (Wildman–Crippen LogP) is 6.87. The molecule has 0 aliphatic heterocycles. The summed E-state index contributed by atoms with van der Waals surface area (Å²) in [6, 6.07) is 0. The van der Waals surface area contributed by atoms with Gasteiger partial charge in [-0.2, -0.15) is 0 Å². The summed E-state index contributed by atoms with van der Waals surface area (Å²) in [4.78, 5) is 0. The maximum atomic E-state index is 7.01. The molecule has 28 heavy (non-hydrogen) atoms. The molecule has 5 heteroatoms. The molecule has 0 aromatic carbocycles. The van der Waals surface area contributed by atoms with Crippen LogP contribution in [-0.4, -0.2) is 16.8 Å². The summed E-state index contributed by atoms with van der Waals surface area (Å²) in [5.41, 5.74) is -0.244. The second-order valence-electron chi connectivity index (χ2n) is 11.0. The quantitative estimate of drug-likeness (QED) is 0.325. The molecule has 6 fully saturated rings. The summed E-state index contributed by atoms with van der Waals surface area (Å²) in [7, 11) is -2.93. The van der Waals surface area contributed by atoms with Crippen LogP contribution in [0.2, 0.25) is 0 Å². The summed E-state index contributed by atoms with van der Waals surface area (Å²) in [5, 5.41) is 0. The number of hydrogen-bond acceptors (Lipinski definition) is 4. The Morgan fingerprint density at radius 1 is 0.607 bits per heavy atom. The third-order valence-corrected chi connectivity index (χ3v) is 11.4. The Morgan fingerprint density at radius 3 is 1.14 bits per heavy atom. The van der Waals surface area contributed by atoms with Crippen LogP contribution in [0.25, 0.3) is 0 Å². The van der Waals surface area contributed by atoms with E-state index in [1.165, 1.54) is 38.5 Å². The fourth-order valence-corrected chi connectivity index (χ4v) is 10.3. The summed E-state index contributed by atoms with van der Waals surface area (Å²) in [6.07, 6.45) is 19.6. The molecule has 0 radical (unpaired) electrons. The van der Waals surface area contributed by atoms with E-state index in [1.54, 1.807) is 6.26 Å². The van der Waals surface area contributed by atoms with Gasteiger partial charge in [-0.3, -0.25) is 4.52 Å². The average Bonchev–Trinajstić information content (AvgIpc) is 3.49. The van der Waals surface area contributed by atoms with Gasteiger partial charge in [-0.05, 0) is 114 Å². The molecule has 0 aromatic rings. The Balaban J connectivity index is 1.33. The van der Waals surface area contributed by atoms with Crippen LogP contribution in [0.1, 0.15) is 96.3 Å². The minimum absolute atomic E-state index is 0.0814. The first-order valence-electron chi connectivity index (χ1n) is 11.8. The lowest BCUT2D eigenvalue weighted by atomic mass is 9.98. The molecule has 0 spiro atoms. The van der Waals surface area contributed by atoms with Crippen molar-refractivity contribution in [3.05, 3.63) is 12.8 Å². The molecule has 6 saturated carbocycles. The highest BCUT2D eigenvalue weighted by atomic mass is 31.2. The van der Waals surface area contributed by atoms with E-state index in [4.69, 9.17) is 18.1 Å². The average molecular weight is 408 g/mol. The maximum Gasteiger partial charge on any atom is 0.622 e. The Bertz CT molecular complexity index is 546.